The second-order valence-electron chi connectivity index (χ2n) is 6.97. The number of hydrogen-bond donors (Lipinski definition) is 0. The van der Waals surface area contributed by atoms with E-state index in [0.717, 1.165) is 23.7 Å². The second-order valence-corrected chi connectivity index (χ2v) is 7.50. The van der Waals surface area contributed by atoms with E-state index in [-0.39, 0.29) is 0 Å². The molecule has 110 valence electrons. The van der Waals surface area contributed by atoms with Crippen molar-refractivity contribution < 1.29 is 0 Å². The molecule has 0 aliphatic heterocycles. The Morgan fingerprint density at radius 2 is 1.26 bits per heavy atom. The molecule has 0 atom stereocenters. The van der Waals surface area contributed by atoms with E-state index in [2.05, 4.69) is 33.9 Å². The van der Waals surface area contributed by atoms with Crippen LogP contribution >= 0.6 is 15.9 Å². The largest absolute Gasteiger partial charge is 0.0745 e. The zero-order valence-electron chi connectivity index (χ0n) is 12.6. The molecule has 0 radical (unpaired) electrons. The van der Waals surface area contributed by atoms with Crippen LogP contribution < -0.4 is 0 Å². The summed E-state index contributed by atoms with van der Waals surface area (Å²) in [7, 11) is 0. The number of halogens is 1. The third-order valence-corrected chi connectivity index (χ3v) is 6.07. The van der Waals surface area contributed by atoms with Crippen LogP contribution in [0.5, 0.6) is 0 Å². The van der Waals surface area contributed by atoms with Crippen LogP contribution in [0, 0.1) is 23.7 Å². The first kappa shape index (κ1) is 15.6. The van der Waals surface area contributed by atoms with Gasteiger partial charge < -0.3 is 0 Å². The molecule has 0 heterocycles. The molecule has 0 aromatic heterocycles. The SMILES string of the molecule is CCC1CCC(CCC2CCC(/C=C/Br)CC2)CC1. The normalized spacial score (nSPS) is 36.7. The lowest BCUT2D eigenvalue weighted by Crippen LogP contribution is -2.17. The molecule has 0 amide bonds. The van der Waals surface area contributed by atoms with Crippen molar-refractivity contribution in [2.45, 2.75) is 77.6 Å². The Kier molecular flexibility index (Phi) is 6.98. The number of rotatable bonds is 5. The van der Waals surface area contributed by atoms with Crippen LogP contribution in [-0.4, -0.2) is 0 Å². The van der Waals surface area contributed by atoms with Crippen molar-refractivity contribution in [3.8, 4) is 0 Å². The molecule has 2 rings (SSSR count). The lowest BCUT2D eigenvalue weighted by atomic mass is 9.75. The van der Waals surface area contributed by atoms with E-state index >= 15 is 0 Å². The van der Waals surface area contributed by atoms with Crippen LogP contribution in [0.4, 0.5) is 0 Å². The van der Waals surface area contributed by atoms with Crippen LogP contribution in [0.15, 0.2) is 11.1 Å². The fourth-order valence-corrected chi connectivity index (χ4v) is 4.60. The molecule has 2 aliphatic rings. The Morgan fingerprint density at radius 3 is 1.74 bits per heavy atom. The van der Waals surface area contributed by atoms with Crippen LogP contribution in [0.25, 0.3) is 0 Å². The first-order chi connectivity index (χ1) is 9.31. The van der Waals surface area contributed by atoms with Gasteiger partial charge in [0, 0.05) is 0 Å². The maximum Gasteiger partial charge on any atom is -0.0225 e. The second kappa shape index (κ2) is 8.49. The number of hydrogen-bond acceptors (Lipinski definition) is 0. The fraction of sp³-hybridized carbons (Fsp3) is 0.889. The zero-order valence-corrected chi connectivity index (χ0v) is 14.2. The summed E-state index contributed by atoms with van der Waals surface area (Å²) in [6, 6.07) is 0. The maximum absolute atomic E-state index is 3.41. The van der Waals surface area contributed by atoms with Gasteiger partial charge in [0.1, 0.15) is 0 Å². The molecular formula is C18H31Br. The topological polar surface area (TPSA) is 0 Å². The summed E-state index contributed by atoms with van der Waals surface area (Å²) >= 11 is 3.41. The van der Waals surface area contributed by atoms with Crippen molar-refractivity contribution in [1.82, 2.24) is 0 Å². The Labute approximate surface area is 128 Å². The van der Waals surface area contributed by atoms with Crippen LogP contribution in [0.3, 0.4) is 0 Å². The molecule has 0 N–H and O–H groups in total. The molecule has 0 bridgehead atoms. The van der Waals surface area contributed by atoms with Gasteiger partial charge in [-0.3, -0.25) is 0 Å². The molecule has 0 aromatic rings. The van der Waals surface area contributed by atoms with E-state index in [1.807, 2.05) is 0 Å². The van der Waals surface area contributed by atoms with E-state index in [1.54, 1.807) is 0 Å². The lowest BCUT2D eigenvalue weighted by Gasteiger charge is -2.31. The molecule has 2 fully saturated rings. The average Bonchev–Trinajstić information content (AvgIpc) is 2.47. The Morgan fingerprint density at radius 1 is 0.789 bits per heavy atom. The zero-order chi connectivity index (χ0) is 13.5. The van der Waals surface area contributed by atoms with E-state index in [1.165, 1.54) is 70.6 Å². The van der Waals surface area contributed by atoms with E-state index in [9.17, 15) is 0 Å². The molecule has 0 nitrogen and oxygen atoms in total. The van der Waals surface area contributed by atoms with Crippen molar-refractivity contribution in [3.05, 3.63) is 11.1 Å². The van der Waals surface area contributed by atoms with Gasteiger partial charge in [0.05, 0.1) is 0 Å². The highest BCUT2D eigenvalue weighted by Crippen LogP contribution is 2.37. The molecule has 2 saturated carbocycles. The van der Waals surface area contributed by atoms with Crippen molar-refractivity contribution in [3.63, 3.8) is 0 Å². The number of allylic oxidation sites excluding steroid dienone is 1. The third kappa shape index (κ3) is 5.25. The maximum atomic E-state index is 3.41. The molecule has 0 spiro atoms. The predicted molar refractivity (Wildman–Crippen MR) is 88.5 cm³/mol. The summed E-state index contributed by atoms with van der Waals surface area (Å²) in [5, 5.41) is 0. The molecular weight excluding hydrogens is 296 g/mol. The fourth-order valence-electron chi connectivity index (χ4n) is 4.17. The van der Waals surface area contributed by atoms with E-state index in [4.69, 9.17) is 0 Å². The van der Waals surface area contributed by atoms with Crippen molar-refractivity contribution >= 4 is 15.9 Å². The first-order valence-corrected chi connectivity index (χ1v) is 9.50. The Balaban J connectivity index is 1.59. The van der Waals surface area contributed by atoms with E-state index in [0.29, 0.717) is 0 Å². The monoisotopic (exact) mass is 326 g/mol. The first-order valence-electron chi connectivity index (χ1n) is 8.58. The van der Waals surface area contributed by atoms with Gasteiger partial charge >= 0.3 is 0 Å². The minimum Gasteiger partial charge on any atom is -0.0745 e. The summed E-state index contributed by atoms with van der Waals surface area (Å²) in [6.45, 7) is 2.37. The highest BCUT2D eigenvalue weighted by atomic mass is 79.9. The van der Waals surface area contributed by atoms with Crippen LogP contribution in [0.1, 0.15) is 77.6 Å². The summed E-state index contributed by atoms with van der Waals surface area (Å²) in [4.78, 5) is 2.06. The van der Waals surface area contributed by atoms with Gasteiger partial charge in [0.25, 0.3) is 0 Å². The smallest absolute Gasteiger partial charge is 0.0225 e. The molecule has 0 unspecified atom stereocenters. The predicted octanol–water partition coefficient (Wildman–Crippen LogP) is 6.70. The standard InChI is InChI=1S/C18H31Br/c1-2-15-3-5-16(6-4-15)7-8-17-9-11-18(12-10-17)13-14-19/h13-18H,2-12H2,1H3/b14-13+. The summed E-state index contributed by atoms with van der Waals surface area (Å²) in [6.07, 6.45) is 18.7. The van der Waals surface area contributed by atoms with Gasteiger partial charge in [-0.1, -0.05) is 73.9 Å². The summed E-state index contributed by atoms with van der Waals surface area (Å²) < 4.78 is 0. The van der Waals surface area contributed by atoms with Gasteiger partial charge in [0.2, 0.25) is 0 Å². The Hall–Kier alpha value is 0.220. The van der Waals surface area contributed by atoms with Gasteiger partial charge in [-0.2, -0.15) is 0 Å². The van der Waals surface area contributed by atoms with Gasteiger partial charge in [0.15, 0.2) is 0 Å². The molecule has 19 heavy (non-hydrogen) atoms. The third-order valence-electron chi connectivity index (χ3n) is 5.76. The van der Waals surface area contributed by atoms with Gasteiger partial charge in [-0.25, -0.2) is 0 Å². The summed E-state index contributed by atoms with van der Waals surface area (Å²) in [5.74, 6) is 4.03. The van der Waals surface area contributed by atoms with Crippen molar-refractivity contribution in [1.29, 1.82) is 0 Å². The molecule has 2 aliphatic carbocycles. The minimum atomic E-state index is 0.857. The van der Waals surface area contributed by atoms with Crippen LogP contribution in [0.2, 0.25) is 0 Å². The Bertz CT molecular complexity index is 255. The highest BCUT2D eigenvalue weighted by Gasteiger charge is 2.23. The lowest BCUT2D eigenvalue weighted by molar-refractivity contribution is 0.224. The van der Waals surface area contributed by atoms with Crippen LogP contribution in [-0.2, 0) is 0 Å². The van der Waals surface area contributed by atoms with E-state index < -0.39 is 0 Å². The minimum absolute atomic E-state index is 0.857. The molecule has 0 saturated heterocycles. The molecule has 1 heteroatoms. The van der Waals surface area contributed by atoms with Gasteiger partial charge in [-0.05, 0) is 54.3 Å². The molecule has 0 aromatic carbocycles. The van der Waals surface area contributed by atoms with Gasteiger partial charge in [-0.15, -0.1) is 0 Å². The summed E-state index contributed by atoms with van der Waals surface area (Å²) in [5.41, 5.74) is 0. The quantitative estimate of drug-likeness (QED) is 0.527. The van der Waals surface area contributed by atoms with Crippen molar-refractivity contribution in [2.75, 3.05) is 0 Å². The van der Waals surface area contributed by atoms with Crippen molar-refractivity contribution in [2.24, 2.45) is 23.7 Å². The average molecular weight is 327 g/mol. The highest BCUT2D eigenvalue weighted by molar-refractivity contribution is 9.11.